The van der Waals surface area contributed by atoms with Crippen LogP contribution in [0.5, 0.6) is 0 Å². The summed E-state index contributed by atoms with van der Waals surface area (Å²) in [5.74, 6) is -1.21. The van der Waals surface area contributed by atoms with Gasteiger partial charge < -0.3 is 5.11 Å². The molecule has 0 saturated carbocycles. The lowest BCUT2D eigenvalue weighted by Gasteiger charge is -2.15. The van der Waals surface area contributed by atoms with Crippen molar-refractivity contribution in [1.82, 2.24) is 10.2 Å². The van der Waals surface area contributed by atoms with Crippen molar-refractivity contribution in [2.45, 2.75) is 23.7 Å². The van der Waals surface area contributed by atoms with Crippen molar-refractivity contribution >= 4 is 27.6 Å². The SMILES string of the molecule is NS(=O)(=O)c1ccc(C([CH]CCC(=O)O)c2cc(-c3ccc(Cl)cc3)[nH]n2)cc1. The first-order valence-electron chi connectivity index (χ1n) is 8.73. The Balaban J connectivity index is 1.91. The highest BCUT2D eigenvalue weighted by atomic mass is 35.5. The Kier molecular flexibility index (Phi) is 6.36. The number of hydrogen-bond donors (Lipinski definition) is 3. The van der Waals surface area contributed by atoms with E-state index in [4.69, 9.17) is 21.8 Å². The average Bonchev–Trinajstić information content (AvgIpc) is 3.15. The minimum atomic E-state index is -3.79. The van der Waals surface area contributed by atoms with Gasteiger partial charge >= 0.3 is 5.97 Å². The summed E-state index contributed by atoms with van der Waals surface area (Å²) in [6.45, 7) is 0. The molecular formula is C20H19ClN3O4S. The molecule has 29 heavy (non-hydrogen) atoms. The van der Waals surface area contributed by atoms with E-state index in [0.717, 1.165) is 16.8 Å². The molecule has 1 aromatic heterocycles. The zero-order valence-corrected chi connectivity index (χ0v) is 16.8. The largest absolute Gasteiger partial charge is 0.481 e. The normalized spacial score (nSPS) is 12.6. The molecule has 0 aliphatic rings. The number of halogens is 1. The number of rotatable bonds is 8. The Hall–Kier alpha value is -2.68. The number of carboxylic acid groups (broad SMARTS) is 1. The molecule has 1 unspecified atom stereocenters. The quantitative estimate of drug-likeness (QED) is 0.501. The van der Waals surface area contributed by atoms with Crippen LogP contribution in [0, 0.1) is 6.42 Å². The summed E-state index contributed by atoms with van der Waals surface area (Å²) in [5, 5.41) is 22.1. The molecule has 9 heteroatoms. The fourth-order valence-electron chi connectivity index (χ4n) is 2.94. The zero-order valence-electron chi connectivity index (χ0n) is 15.2. The first-order chi connectivity index (χ1) is 13.7. The fraction of sp³-hybridized carbons (Fsp3) is 0.150. The number of aliphatic carboxylic acids is 1. The topological polar surface area (TPSA) is 126 Å². The summed E-state index contributed by atoms with van der Waals surface area (Å²) in [6.07, 6.45) is 2.17. The van der Waals surface area contributed by atoms with Crippen molar-refractivity contribution in [2.75, 3.05) is 0 Å². The molecule has 4 N–H and O–H groups in total. The van der Waals surface area contributed by atoms with Crippen molar-refractivity contribution < 1.29 is 18.3 Å². The standard InChI is InChI=1S/C20H19ClN3O4S/c21-15-8-4-14(5-9-15)18-12-19(24-23-18)17(2-1-3-20(25)26)13-6-10-16(11-7-13)29(22,27)28/h2,4-12,17H,1,3H2,(H,23,24)(H,25,26)(H2,22,27,28). The van der Waals surface area contributed by atoms with E-state index in [1.54, 1.807) is 24.3 Å². The van der Waals surface area contributed by atoms with Crippen LogP contribution in [0.15, 0.2) is 59.5 Å². The molecule has 0 bridgehead atoms. The van der Waals surface area contributed by atoms with Crippen LogP contribution in [0.2, 0.25) is 5.02 Å². The van der Waals surface area contributed by atoms with Crippen LogP contribution in [0.25, 0.3) is 11.3 Å². The molecule has 1 radical (unpaired) electrons. The third-order valence-electron chi connectivity index (χ3n) is 4.40. The second-order valence-corrected chi connectivity index (χ2v) is 8.47. The number of primary sulfonamides is 1. The Bertz CT molecular complexity index is 1090. The Morgan fingerprint density at radius 1 is 1.17 bits per heavy atom. The van der Waals surface area contributed by atoms with E-state index in [-0.39, 0.29) is 17.2 Å². The number of carboxylic acids is 1. The average molecular weight is 433 g/mol. The smallest absolute Gasteiger partial charge is 0.303 e. The molecule has 0 aliphatic heterocycles. The van der Waals surface area contributed by atoms with Crippen molar-refractivity contribution in [2.24, 2.45) is 5.14 Å². The number of hydrogen-bond acceptors (Lipinski definition) is 4. The number of nitrogens with zero attached hydrogens (tertiary/aromatic N) is 1. The number of H-pyrrole nitrogens is 1. The van der Waals surface area contributed by atoms with Gasteiger partial charge in [0.25, 0.3) is 0 Å². The lowest BCUT2D eigenvalue weighted by atomic mass is 9.90. The predicted octanol–water partition coefficient (Wildman–Crippen LogP) is 3.58. The van der Waals surface area contributed by atoms with Crippen LogP contribution in [-0.4, -0.2) is 29.7 Å². The molecule has 2 aromatic carbocycles. The third-order valence-corrected chi connectivity index (χ3v) is 5.58. The number of nitrogens with two attached hydrogens (primary N) is 1. The van der Waals surface area contributed by atoms with Crippen molar-refractivity contribution in [3.8, 4) is 11.3 Å². The molecule has 0 spiro atoms. The summed E-state index contributed by atoms with van der Waals surface area (Å²) in [6, 6.07) is 15.3. The molecule has 1 atom stereocenters. The molecule has 0 aliphatic carbocycles. The van der Waals surface area contributed by atoms with Crippen molar-refractivity contribution in [1.29, 1.82) is 0 Å². The van der Waals surface area contributed by atoms with Crippen LogP contribution in [0.1, 0.15) is 30.0 Å². The molecule has 1 heterocycles. The summed E-state index contributed by atoms with van der Waals surface area (Å²) in [5.41, 5.74) is 3.15. The number of aromatic nitrogens is 2. The summed E-state index contributed by atoms with van der Waals surface area (Å²) < 4.78 is 23.0. The molecule has 0 fully saturated rings. The van der Waals surface area contributed by atoms with Gasteiger partial charge in [-0.25, -0.2) is 13.6 Å². The fourth-order valence-corrected chi connectivity index (χ4v) is 3.58. The van der Waals surface area contributed by atoms with Crippen LogP contribution in [-0.2, 0) is 14.8 Å². The Morgan fingerprint density at radius 3 is 2.41 bits per heavy atom. The molecular weight excluding hydrogens is 414 g/mol. The van der Waals surface area contributed by atoms with Gasteiger partial charge in [0.1, 0.15) is 0 Å². The van der Waals surface area contributed by atoms with E-state index in [2.05, 4.69) is 10.2 Å². The van der Waals surface area contributed by atoms with Crippen molar-refractivity contribution in [3.05, 3.63) is 77.3 Å². The monoisotopic (exact) mass is 432 g/mol. The molecule has 3 rings (SSSR count). The van der Waals surface area contributed by atoms with Gasteiger partial charge in [0.05, 0.1) is 16.3 Å². The van der Waals surface area contributed by atoms with E-state index >= 15 is 0 Å². The summed E-state index contributed by atoms with van der Waals surface area (Å²) in [7, 11) is -3.79. The second-order valence-electron chi connectivity index (χ2n) is 6.47. The maximum absolute atomic E-state index is 11.5. The number of aromatic amines is 1. The molecule has 0 saturated heterocycles. The number of benzene rings is 2. The number of carbonyl (C=O) groups is 1. The lowest BCUT2D eigenvalue weighted by molar-refractivity contribution is -0.136. The summed E-state index contributed by atoms with van der Waals surface area (Å²) in [4.78, 5) is 10.9. The van der Waals surface area contributed by atoms with E-state index in [1.807, 2.05) is 24.6 Å². The van der Waals surface area contributed by atoms with Gasteiger partial charge in [-0.2, -0.15) is 5.10 Å². The second kappa shape index (κ2) is 8.77. The molecule has 0 amide bonds. The minimum absolute atomic E-state index is 0.00872. The first-order valence-corrected chi connectivity index (χ1v) is 10.7. The van der Waals surface area contributed by atoms with Gasteiger partial charge in [-0.1, -0.05) is 35.9 Å². The number of sulfonamides is 1. The van der Waals surface area contributed by atoms with E-state index in [9.17, 15) is 13.2 Å². The maximum atomic E-state index is 11.5. The van der Waals surface area contributed by atoms with Gasteiger partial charge in [-0.05, 0) is 54.3 Å². The summed E-state index contributed by atoms with van der Waals surface area (Å²) >= 11 is 5.93. The number of nitrogens with one attached hydrogen (secondary N) is 1. The first kappa shape index (κ1) is 21.0. The lowest BCUT2D eigenvalue weighted by Crippen LogP contribution is -2.12. The highest BCUT2D eigenvalue weighted by Crippen LogP contribution is 2.31. The van der Waals surface area contributed by atoms with Gasteiger partial charge in [0, 0.05) is 17.4 Å². The van der Waals surface area contributed by atoms with Crippen molar-refractivity contribution in [3.63, 3.8) is 0 Å². The third kappa shape index (κ3) is 5.44. The van der Waals surface area contributed by atoms with Gasteiger partial charge in [0.15, 0.2) is 0 Å². The molecule has 3 aromatic rings. The van der Waals surface area contributed by atoms with Gasteiger partial charge in [-0.15, -0.1) is 0 Å². The van der Waals surface area contributed by atoms with Crippen LogP contribution in [0.3, 0.4) is 0 Å². The van der Waals surface area contributed by atoms with E-state index in [0.29, 0.717) is 17.1 Å². The van der Waals surface area contributed by atoms with Crippen LogP contribution in [0.4, 0.5) is 0 Å². The minimum Gasteiger partial charge on any atom is -0.481 e. The molecule has 7 nitrogen and oxygen atoms in total. The van der Waals surface area contributed by atoms with Gasteiger partial charge in [-0.3, -0.25) is 9.89 Å². The predicted molar refractivity (Wildman–Crippen MR) is 110 cm³/mol. The Labute approximate surface area is 173 Å². The highest BCUT2D eigenvalue weighted by molar-refractivity contribution is 7.89. The van der Waals surface area contributed by atoms with E-state index in [1.165, 1.54) is 12.1 Å². The zero-order chi connectivity index (χ0) is 21.0. The van der Waals surface area contributed by atoms with Gasteiger partial charge in [0.2, 0.25) is 10.0 Å². The van der Waals surface area contributed by atoms with E-state index < -0.39 is 16.0 Å². The maximum Gasteiger partial charge on any atom is 0.303 e. The highest BCUT2D eigenvalue weighted by Gasteiger charge is 2.20. The Morgan fingerprint density at radius 2 is 1.83 bits per heavy atom. The molecule has 151 valence electrons. The van der Waals surface area contributed by atoms with Crippen LogP contribution >= 0.6 is 11.6 Å². The van der Waals surface area contributed by atoms with Crippen LogP contribution < -0.4 is 5.14 Å².